The zero-order valence-electron chi connectivity index (χ0n) is 13.8. The largest absolute Gasteiger partial charge is 0.327 e. The average molecular weight is 341 g/mol. The first kappa shape index (κ1) is 16.9. The number of hydrogen-bond acceptors (Lipinski definition) is 2. The highest BCUT2D eigenvalue weighted by Crippen LogP contribution is 2.25. The van der Waals surface area contributed by atoms with Gasteiger partial charge in [0.1, 0.15) is 5.37 Å². The first-order chi connectivity index (χ1) is 11.7. The summed E-state index contributed by atoms with van der Waals surface area (Å²) in [5.74, 6) is 0.667. The molecule has 126 valence electrons. The molecule has 0 aromatic heterocycles. The second-order valence-electron chi connectivity index (χ2n) is 6.20. The molecule has 3 nitrogen and oxygen atoms in total. The molecule has 1 saturated heterocycles. The maximum atomic E-state index is 12.5. The summed E-state index contributed by atoms with van der Waals surface area (Å²) < 4.78 is 12.5. The van der Waals surface area contributed by atoms with Gasteiger partial charge < -0.3 is 4.90 Å². The standard InChI is InChI=1S/C20H23NO2S/c22-19-15-20(24(23)16-18-12-5-2-6-13-18)21(19)14-8-7-11-17-9-3-1-4-10-17/h1-6,9-10,12-13,20H,7-8,11,14-16H2. The first-order valence-electron chi connectivity index (χ1n) is 8.48. The number of likely N-dealkylation sites (tertiary alicyclic amines) is 1. The zero-order valence-corrected chi connectivity index (χ0v) is 14.6. The van der Waals surface area contributed by atoms with Crippen molar-refractivity contribution in [3.05, 3.63) is 71.8 Å². The molecule has 2 aromatic carbocycles. The van der Waals surface area contributed by atoms with Gasteiger partial charge in [0, 0.05) is 17.3 Å². The van der Waals surface area contributed by atoms with Crippen molar-refractivity contribution in [1.29, 1.82) is 0 Å². The maximum absolute atomic E-state index is 12.5. The van der Waals surface area contributed by atoms with Gasteiger partial charge in [0.05, 0.1) is 12.2 Å². The van der Waals surface area contributed by atoms with E-state index in [2.05, 4.69) is 24.3 Å². The van der Waals surface area contributed by atoms with Gasteiger partial charge in [-0.25, -0.2) is 0 Å². The highest BCUT2D eigenvalue weighted by molar-refractivity contribution is 7.84. The SMILES string of the molecule is O=C1CC(S(=O)Cc2ccccc2)N1CCCCc1ccccc1. The number of hydrogen-bond donors (Lipinski definition) is 0. The fourth-order valence-electron chi connectivity index (χ4n) is 3.02. The van der Waals surface area contributed by atoms with Gasteiger partial charge >= 0.3 is 0 Å². The lowest BCUT2D eigenvalue weighted by Crippen LogP contribution is -2.55. The van der Waals surface area contributed by atoms with E-state index >= 15 is 0 Å². The van der Waals surface area contributed by atoms with E-state index in [1.54, 1.807) is 0 Å². The second kappa shape index (κ2) is 8.25. The van der Waals surface area contributed by atoms with Gasteiger partial charge in [-0.05, 0) is 30.4 Å². The average Bonchev–Trinajstić information content (AvgIpc) is 2.61. The van der Waals surface area contributed by atoms with Crippen LogP contribution in [0.1, 0.15) is 30.4 Å². The summed E-state index contributed by atoms with van der Waals surface area (Å²) in [4.78, 5) is 13.7. The Kier molecular flexibility index (Phi) is 5.81. The minimum Gasteiger partial charge on any atom is -0.327 e. The van der Waals surface area contributed by atoms with Crippen molar-refractivity contribution in [2.75, 3.05) is 6.54 Å². The number of amides is 1. The molecule has 4 heteroatoms. The Hall–Kier alpha value is -1.94. The Morgan fingerprint density at radius 2 is 1.54 bits per heavy atom. The number of β-lactam (4-membered cyclic amide) rings is 1. The Bertz CT molecular complexity index is 687. The van der Waals surface area contributed by atoms with Crippen LogP contribution in [0.25, 0.3) is 0 Å². The number of unbranched alkanes of at least 4 members (excludes halogenated alkanes) is 1. The molecular weight excluding hydrogens is 318 g/mol. The molecule has 24 heavy (non-hydrogen) atoms. The Morgan fingerprint density at radius 3 is 2.17 bits per heavy atom. The van der Waals surface area contributed by atoms with Crippen LogP contribution in [0.4, 0.5) is 0 Å². The molecule has 1 aliphatic heterocycles. The molecule has 3 rings (SSSR count). The van der Waals surface area contributed by atoms with E-state index in [1.165, 1.54) is 5.56 Å². The number of nitrogens with zero attached hydrogens (tertiary/aromatic N) is 1. The quantitative estimate of drug-likeness (QED) is 0.544. The van der Waals surface area contributed by atoms with E-state index < -0.39 is 10.8 Å². The minimum atomic E-state index is -1.02. The van der Waals surface area contributed by atoms with E-state index in [1.807, 2.05) is 41.3 Å². The molecule has 2 atom stereocenters. The third-order valence-electron chi connectivity index (χ3n) is 4.43. The molecule has 0 aliphatic carbocycles. The smallest absolute Gasteiger partial charge is 0.226 e. The normalized spacial score (nSPS) is 18.2. The summed E-state index contributed by atoms with van der Waals surface area (Å²) in [5.41, 5.74) is 2.40. The molecule has 0 radical (unpaired) electrons. The van der Waals surface area contributed by atoms with Gasteiger partial charge in [-0.1, -0.05) is 60.7 Å². The zero-order chi connectivity index (χ0) is 16.8. The molecule has 0 saturated carbocycles. The highest BCUT2D eigenvalue weighted by Gasteiger charge is 2.39. The van der Waals surface area contributed by atoms with Crippen LogP contribution >= 0.6 is 0 Å². The first-order valence-corrected chi connectivity index (χ1v) is 9.87. The van der Waals surface area contributed by atoms with Crippen molar-refractivity contribution in [3.63, 3.8) is 0 Å². The number of carbonyl (C=O) groups is 1. The van der Waals surface area contributed by atoms with Crippen LogP contribution in [0.5, 0.6) is 0 Å². The molecule has 1 amide bonds. The van der Waals surface area contributed by atoms with E-state index in [0.717, 1.165) is 31.4 Å². The van der Waals surface area contributed by atoms with Crippen LogP contribution < -0.4 is 0 Å². The Labute approximate surface area is 146 Å². The van der Waals surface area contributed by atoms with Gasteiger partial charge in [0.15, 0.2) is 0 Å². The van der Waals surface area contributed by atoms with Crippen molar-refractivity contribution >= 4 is 16.7 Å². The molecular formula is C20H23NO2S. The molecule has 2 unspecified atom stereocenters. The summed E-state index contributed by atoms with van der Waals surface area (Å²) >= 11 is 0. The van der Waals surface area contributed by atoms with E-state index in [4.69, 9.17) is 0 Å². The Balaban J connectivity index is 1.44. The lowest BCUT2D eigenvalue weighted by molar-refractivity contribution is -0.141. The van der Waals surface area contributed by atoms with E-state index in [-0.39, 0.29) is 11.3 Å². The van der Waals surface area contributed by atoms with Gasteiger partial charge in [0.2, 0.25) is 5.91 Å². The number of benzene rings is 2. The molecule has 1 aliphatic rings. The van der Waals surface area contributed by atoms with Crippen LogP contribution in [0.2, 0.25) is 0 Å². The van der Waals surface area contributed by atoms with Gasteiger partial charge in [-0.2, -0.15) is 0 Å². The third-order valence-corrected chi connectivity index (χ3v) is 6.08. The van der Waals surface area contributed by atoms with Crippen LogP contribution in [0.15, 0.2) is 60.7 Å². The van der Waals surface area contributed by atoms with Crippen LogP contribution in [0.3, 0.4) is 0 Å². The van der Waals surface area contributed by atoms with Crippen LogP contribution in [-0.2, 0) is 27.8 Å². The predicted molar refractivity (Wildman–Crippen MR) is 97.8 cm³/mol. The summed E-state index contributed by atoms with van der Waals surface area (Å²) in [6, 6.07) is 20.2. The fraction of sp³-hybridized carbons (Fsp3) is 0.350. The molecule has 2 aromatic rings. The lowest BCUT2D eigenvalue weighted by atomic mass is 10.1. The van der Waals surface area contributed by atoms with Gasteiger partial charge in [0.25, 0.3) is 0 Å². The molecule has 0 bridgehead atoms. The monoisotopic (exact) mass is 341 g/mol. The summed E-state index contributed by atoms with van der Waals surface area (Å²) in [5, 5.41) is -0.102. The Morgan fingerprint density at radius 1 is 0.917 bits per heavy atom. The summed E-state index contributed by atoms with van der Waals surface area (Å²) in [7, 11) is -1.02. The van der Waals surface area contributed by atoms with Crippen LogP contribution in [0, 0.1) is 0 Å². The molecule has 1 heterocycles. The number of rotatable bonds is 8. The number of carbonyl (C=O) groups excluding carboxylic acids is 1. The lowest BCUT2D eigenvalue weighted by Gasteiger charge is -2.39. The van der Waals surface area contributed by atoms with Gasteiger partial charge in [-0.3, -0.25) is 9.00 Å². The van der Waals surface area contributed by atoms with E-state index in [0.29, 0.717) is 12.2 Å². The van der Waals surface area contributed by atoms with Crippen molar-refractivity contribution < 1.29 is 9.00 Å². The molecule has 1 fully saturated rings. The maximum Gasteiger partial charge on any atom is 0.226 e. The third kappa shape index (κ3) is 4.32. The highest BCUT2D eigenvalue weighted by atomic mass is 32.2. The predicted octanol–water partition coefficient (Wildman–Crippen LogP) is 3.52. The van der Waals surface area contributed by atoms with E-state index in [9.17, 15) is 9.00 Å². The van der Waals surface area contributed by atoms with Crippen molar-refractivity contribution in [2.45, 2.75) is 36.8 Å². The number of aryl methyl sites for hydroxylation is 1. The molecule has 0 N–H and O–H groups in total. The second-order valence-corrected chi connectivity index (χ2v) is 7.79. The fourth-order valence-corrected chi connectivity index (χ4v) is 4.57. The van der Waals surface area contributed by atoms with Crippen molar-refractivity contribution in [3.8, 4) is 0 Å². The molecule has 0 spiro atoms. The van der Waals surface area contributed by atoms with Crippen molar-refractivity contribution in [2.24, 2.45) is 0 Å². The van der Waals surface area contributed by atoms with Crippen LogP contribution in [-0.4, -0.2) is 26.9 Å². The van der Waals surface area contributed by atoms with Crippen molar-refractivity contribution in [1.82, 2.24) is 4.90 Å². The summed E-state index contributed by atoms with van der Waals surface area (Å²) in [6.45, 7) is 0.719. The topological polar surface area (TPSA) is 37.4 Å². The van der Waals surface area contributed by atoms with Gasteiger partial charge in [-0.15, -0.1) is 0 Å². The summed E-state index contributed by atoms with van der Waals surface area (Å²) in [6.07, 6.45) is 3.46. The minimum absolute atomic E-state index is 0.102.